The Hall–Kier alpha value is -1.35. The maximum absolute atomic E-state index is 5.82. The van der Waals surface area contributed by atoms with Crippen molar-refractivity contribution in [1.29, 1.82) is 0 Å². The molecule has 0 fully saturated rings. The number of hydrogen-bond acceptors (Lipinski definition) is 3. The molecule has 1 aromatic heterocycles. The van der Waals surface area contributed by atoms with Crippen molar-refractivity contribution in [2.75, 3.05) is 5.73 Å². The minimum atomic E-state index is 0.813. The summed E-state index contributed by atoms with van der Waals surface area (Å²) in [6.45, 7) is 0. The molecule has 1 aliphatic rings. The molecular weight excluding hydrogens is 228 g/mol. The first-order chi connectivity index (χ1) is 8.33. The molecule has 1 aromatic carbocycles. The van der Waals surface area contributed by atoms with E-state index in [1.54, 1.807) is 0 Å². The lowest BCUT2D eigenvalue weighted by Crippen LogP contribution is -1.87. The molecule has 0 spiro atoms. The van der Waals surface area contributed by atoms with Crippen molar-refractivity contribution in [3.05, 3.63) is 34.8 Å². The van der Waals surface area contributed by atoms with E-state index in [2.05, 4.69) is 6.07 Å². The van der Waals surface area contributed by atoms with E-state index in [0.29, 0.717) is 0 Å². The number of fused-ring (bicyclic) bond motifs is 1. The highest BCUT2D eigenvalue weighted by Crippen LogP contribution is 2.32. The Morgan fingerprint density at radius 2 is 2.00 bits per heavy atom. The SMILES string of the molecule is Nc1cccc(-c2nc3c(s2)CCCCC3)c1. The summed E-state index contributed by atoms with van der Waals surface area (Å²) < 4.78 is 0. The number of nitrogen functional groups attached to an aromatic ring is 1. The standard InChI is InChI=1S/C14H16N2S/c15-11-6-4-5-10(9-11)14-16-12-7-2-1-3-8-13(12)17-14/h4-6,9H,1-3,7-8,15H2. The van der Waals surface area contributed by atoms with Crippen LogP contribution in [-0.4, -0.2) is 4.98 Å². The predicted octanol–water partition coefficient (Wildman–Crippen LogP) is 3.66. The van der Waals surface area contributed by atoms with Gasteiger partial charge in [0.2, 0.25) is 0 Å². The van der Waals surface area contributed by atoms with Gasteiger partial charge in [-0.05, 0) is 37.8 Å². The largest absolute Gasteiger partial charge is 0.399 e. The van der Waals surface area contributed by atoms with E-state index in [4.69, 9.17) is 10.7 Å². The molecular formula is C14H16N2S. The third-order valence-corrected chi connectivity index (χ3v) is 4.44. The van der Waals surface area contributed by atoms with Gasteiger partial charge in [0, 0.05) is 16.1 Å². The van der Waals surface area contributed by atoms with E-state index >= 15 is 0 Å². The number of aryl methyl sites for hydroxylation is 2. The molecule has 1 aliphatic carbocycles. The van der Waals surface area contributed by atoms with Crippen LogP contribution in [0.25, 0.3) is 10.6 Å². The van der Waals surface area contributed by atoms with Gasteiger partial charge in [0.25, 0.3) is 0 Å². The van der Waals surface area contributed by atoms with Crippen LogP contribution in [0.15, 0.2) is 24.3 Å². The van der Waals surface area contributed by atoms with Gasteiger partial charge in [-0.15, -0.1) is 11.3 Å². The Kier molecular flexibility index (Phi) is 2.85. The third kappa shape index (κ3) is 2.20. The zero-order valence-electron chi connectivity index (χ0n) is 9.78. The number of anilines is 1. The summed E-state index contributed by atoms with van der Waals surface area (Å²) in [6.07, 6.45) is 6.29. The highest BCUT2D eigenvalue weighted by molar-refractivity contribution is 7.15. The van der Waals surface area contributed by atoms with Crippen molar-refractivity contribution in [3.8, 4) is 10.6 Å². The van der Waals surface area contributed by atoms with Gasteiger partial charge in [-0.2, -0.15) is 0 Å². The van der Waals surface area contributed by atoms with E-state index in [-0.39, 0.29) is 0 Å². The number of hydrogen-bond donors (Lipinski definition) is 1. The maximum Gasteiger partial charge on any atom is 0.123 e. The van der Waals surface area contributed by atoms with Crippen LogP contribution in [0, 0.1) is 0 Å². The van der Waals surface area contributed by atoms with Crippen molar-refractivity contribution in [3.63, 3.8) is 0 Å². The Balaban J connectivity index is 1.99. The van der Waals surface area contributed by atoms with Crippen molar-refractivity contribution >= 4 is 17.0 Å². The van der Waals surface area contributed by atoms with Crippen LogP contribution in [0.4, 0.5) is 5.69 Å². The van der Waals surface area contributed by atoms with Crippen LogP contribution < -0.4 is 5.73 Å². The minimum absolute atomic E-state index is 0.813. The average Bonchev–Trinajstić information content (AvgIpc) is 2.61. The first kappa shape index (κ1) is 10.8. The summed E-state index contributed by atoms with van der Waals surface area (Å²) in [7, 11) is 0. The van der Waals surface area contributed by atoms with Crippen molar-refractivity contribution in [2.45, 2.75) is 32.1 Å². The van der Waals surface area contributed by atoms with Crippen molar-refractivity contribution in [1.82, 2.24) is 4.98 Å². The molecule has 2 nitrogen and oxygen atoms in total. The summed E-state index contributed by atoms with van der Waals surface area (Å²) in [5.74, 6) is 0. The maximum atomic E-state index is 5.82. The van der Waals surface area contributed by atoms with Crippen LogP contribution >= 0.6 is 11.3 Å². The normalized spacial score (nSPS) is 15.3. The van der Waals surface area contributed by atoms with Crippen molar-refractivity contribution < 1.29 is 0 Å². The second-order valence-electron chi connectivity index (χ2n) is 4.58. The number of nitrogens with zero attached hydrogens (tertiary/aromatic N) is 1. The average molecular weight is 244 g/mol. The molecule has 0 aliphatic heterocycles. The van der Waals surface area contributed by atoms with Gasteiger partial charge in [-0.1, -0.05) is 18.6 Å². The van der Waals surface area contributed by atoms with Crippen LogP contribution in [-0.2, 0) is 12.8 Å². The van der Waals surface area contributed by atoms with E-state index in [0.717, 1.165) is 22.7 Å². The van der Waals surface area contributed by atoms with Gasteiger partial charge in [0.1, 0.15) is 5.01 Å². The lowest BCUT2D eigenvalue weighted by Gasteiger charge is -1.98. The Bertz CT molecular complexity index is 507. The lowest BCUT2D eigenvalue weighted by atomic mass is 10.2. The first-order valence-electron chi connectivity index (χ1n) is 6.17. The monoisotopic (exact) mass is 244 g/mol. The highest BCUT2D eigenvalue weighted by Gasteiger charge is 2.14. The van der Waals surface area contributed by atoms with Gasteiger partial charge in [-0.3, -0.25) is 0 Å². The van der Waals surface area contributed by atoms with E-state index < -0.39 is 0 Å². The number of benzene rings is 1. The molecule has 0 saturated carbocycles. The van der Waals surface area contributed by atoms with E-state index in [9.17, 15) is 0 Å². The fourth-order valence-corrected chi connectivity index (χ4v) is 3.47. The summed E-state index contributed by atoms with van der Waals surface area (Å²) in [5, 5.41) is 1.13. The molecule has 0 bridgehead atoms. The Morgan fingerprint density at radius 1 is 1.12 bits per heavy atom. The summed E-state index contributed by atoms with van der Waals surface area (Å²) in [6, 6.07) is 8.02. The molecule has 0 amide bonds. The predicted molar refractivity (Wildman–Crippen MR) is 73.2 cm³/mol. The lowest BCUT2D eigenvalue weighted by molar-refractivity contribution is 0.709. The van der Waals surface area contributed by atoms with Crippen LogP contribution in [0.3, 0.4) is 0 Å². The smallest absolute Gasteiger partial charge is 0.123 e. The minimum Gasteiger partial charge on any atom is -0.399 e. The quantitative estimate of drug-likeness (QED) is 0.614. The number of nitrogens with two attached hydrogens (primary N) is 1. The molecule has 2 N–H and O–H groups in total. The number of aromatic nitrogens is 1. The molecule has 2 aromatic rings. The summed E-state index contributed by atoms with van der Waals surface area (Å²) in [4.78, 5) is 6.27. The number of rotatable bonds is 1. The Morgan fingerprint density at radius 3 is 2.88 bits per heavy atom. The summed E-state index contributed by atoms with van der Waals surface area (Å²) >= 11 is 1.84. The topological polar surface area (TPSA) is 38.9 Å². The fraction of sp³-hybridized carbons (Fsp3) is 0.357. The third-order valence-electron chi connectivity index (χ3n) is 3.23. The second-order valence-corrected chi connectivity index (χ2v) is 5.66. The van der Waals surface area contributed by atoms with Crippen LogP contribution in [0.5, 0.6) is 0 Å². The van der Waals surface area contributed by atoms with Crippen molar-refractivity contribution in [2.24, 2.45) is 0 Å². The highest BCUT2D eigenvalue weighted by atomic mass is 32.1. The molecule has 17 heavy (non-hydrogen) atoms. The van der Waals surface area contributed by atoms with Crippen LogP contribution in [0.1, 0.15) is 29.8 Å². The van der Waals surface area contributed by atoms with Gasteiger partial charge in [0.15, 0.2) is 0 Å². The molecule has 0 atom stereocenters. The van der Waals surface area contributed by atoms with Gasteiger partial charge < -0.3 is 5.73 Å². The van der Waals surface area contributed by atoms with Gasteiger partial charge in [0.05, 0.1) is 5.69 Å². The molecule has 3 heteroatoms. The molecule has 0 unspecified atom stereocenters. The molecule has 3 rings (SSSR count). The molecule has 0 radical (unpaired) electrons. The molecule has 88 valence electrons. The van der Waals surface area contributed by atoms with Gasteiger partial charge >= 0.3 is 0 Å². The zero-order chi connectivity index (χ0) is 11.7. The van der Waals surface area contributed by atoms with E-state index in [1.165, 1.54) is 36.3 Å². The zero-order valence-corrected chi connectivity index (χ0v) is 10.6. The van der Waals surface area contributed by atoms with Crippen LogP contribution in [0.2, 0.25) is 0 Å². The van der Waals surface area contributed by atoms with E-state index in [1.807, 2.05) is 29.5 Å². The fourth-order valence-electron chi connectivity index (χ4n) is 2.32. The molecule has 0 saturated heterocycles. The first-order valence-corrected chi connectivity index (χ1v) is 6.99. The second kappa shape index (κ2) is 4.49. The summed E-state index contributed by atoms with van der Waals surface area (Å²) in [5.41, 5.74) is 9.11. The Labute approximate surface area is 106 Å². The van der Waals surface area contributed by atoms with Gasteiger partial charge in [-0.25, -0.2) is 4.98 Å². The number of thiazole rings is 1. The molecule has 1 heterocycles.